The number of hydroxylamine groups is 1. The number of ether oxygens (including phenoxy) is 1. The fourth-order valence-electron chi connectivity index (χ4n) is 2.79. The monoisotopic (exact) mass is 349 g/mol. The van der Waals surface area contributed by atoms with Gasteiger partial charge in [0.2, 0.25) is 10.0 Å². The number of nitrogens with two attached hydrogens (primary N) is 1. The molecule has 0 amide bonds. The molecule has 1 aliphatic heterocycles. The van der Waals surface area contributed by atoms with Gasteiger partial charge in [-0.2, -0.15) is 0 Å². The van der Waals surface area contributed by atoms with Crippen LogP contribution in [-0.4, -0.2) is 75.6 Å². The molecule has 2 rings (SSSR count). The van der Waals surface area contributed by atoms with Crippen molar-refractivity contribution >= 4 is 10.0 Å². The van der Waals surface area contributed by atoms with Gasteiger partial charge in [0.1, 0.15) is 0 Å². The van der Waals surface area contributed by atoms with Crippen LogP contribution in [0.3, 0.4) is 0 Å². The second-order valence-electron chi connectivity index (χ2n) is 6.29. The molecular weight excluding hydrogens is 318 g/mol. The van der Waals surface area contributed by atoms with E-state index in [4.69, 9.17) is 15.3 Å². The third-order valence-corrected chi connectivity index (χ3v) is 6.24. The van der Waals surface area contributed by atoms with Gasteiger partial charge in [0.05, 0.1) is 31.6 Å². The zero-order chi connectivity index (χ0) is 16.5. The van der Waals surface area contributed by atoms with Crippen molar-refractivity contribution in [3.05, 3.63) is 0 Å². The number of hydrogen-bond acceptors (Lipinski definition) is 6. The van der Waals surface area contributed by atoms with Crippen LogP contribution in [0.2, 0.25) is 0 Å². The summed E-state index contributed by atoms with van der Waals surface area (Å²) in [6.45, 7) is 5.03. The third kappa shape index (κ3) is 6.28. The maximum absolute atomic E-state index is 12.5. The van der Waals surface area contributed by atoms with Crippen molar-refractivity contribution in [1.29, 1.82) is 0 Å². The summed E-state index contributed by atoms with van der Waals surface area (Å²) in [5, 5.41) is 0. The van der Waals surface area contributed by atoms with Crippen LogP contribution >= 0.6 is 0 Å². The maximum Gasteiger partial charge on any atom is 0.236 e. The largest absolute Gasteiger partial charge is 0.379 e. The summed E-state index contributed by atoms with van der Waals surface area (Å²) in [6.07, 6.45) is 5.25. The molecule has 0 aromatic heterocycles. The normalized spacial score (nSPS) is 20.8. The lowest BCUT2D eigenvalue weighted by Crippen LogP contribution is -2.46. The van der Waals surface area contributed by atoms with Crippen LogP contribution in [0.1, 0.15) is 38.5 Å². The van der Waals surface area contributed by atoms with E-state index in [-0.39, 0.29) is 11.8 Å². The highest BCUT2D eigenvalue weighted by molar-refractivity contribution is 7.88. The van der Waals surface area contributed by atoms with Crippen molar-refractivity contribution in [2.24, 2.45) is 5.73 Å². The molecule has 1 saturated carbocycles. The minimum Gasteiger partial charge on any atom is -0.379 e. The number of hydrogen-bond donors (Lipinski definition) is 1. The van der Waals surface area contributed by atoms with Crippen LogP contribution in [0.15, 0.2) is 0 Å². The molecular formula is C15H31N3O4S. The van der Waals surface area contributed by atoms with Crippen molar-refractivity contribution in [2.45, 2.75) is 44.6 Å². The van der Waals surface area contributed by atoms with Gasteiger partial charge < -0.3 is 10.5 Å². The summed E-state index contributed by atoms with van der Waals surface area (Å²) >= 11 is 0. The Hall–Kier alpha value is -0.250. The first kappa shape index (κ1) is 19.1. The third-order valence-electron chi connectivity index (χ3n) is 4.48. The number of sulfonamides is 1. The first-order valence-electron chi connectivity index (χ1n) is 8.78. The van der Waals surface area contributed by atoms with Crippen LogP contribution < -0.4 is 5.73 Å². The summed E-state index contributed by atoms with van der Waals surface area (Å²) in [4.78, 5) is 7.96. The summed E-state index contributed by atoms with van der Waals surface area (Å²) in [7, 11) is -3.34. The summed E-state index contributed by atoms with van der Waals surface area (Å²) in [5.74, 6) is 0.154. The maximum atomic E-state index is 12.5. The van der Waals surface area contributed by atoms with Crippen LogP contribution in [0.4, 0.5) is 0 Å². The Bertz CT molecular complexity index is 422. The van der Waals surface area contributed by atoms with E-state index in [1.807, 2.05) is 0 Å². The average molecular weight is 349 g/mol. The minimum absolute atomic E-state index is 0.0270. The van der Waals surface area contributed by atoms with Gasteiger partial charge in [0, 0.05) is 19.6 Å². The van der Waals surface area contributed by atoms with Gasteiger partial charge in [0.25, 0.3) is 0 Å². The lowest BCUT2D eigenvalue weighted by molar-refractivity contribution is -0.135. The van der Waals surface area contributed by atoms with Crippen molar-refractivity contribution in [2.75, 3.05) is 51.8 Å². The molecule has 0 radical (unpaired) electrons. The van der Waals surface area contributed by atoms with E-state index in [0.29, 0.717) is 19.6 Å². The Balaban J connectivity index is 1.78. The second-order valence-corrected chi connectivity index (χ2v) is 8.22. The Morgan fingerprint density at radius 1 is 1.17 bits per heavy atom. The van der Waals surface area contributed by atoms with Crippen LogP contribution in [0, 0.1) is 0 Å². The van der Waals surface area contributed by atoms with Gasteiger partial charge in [-0.3, -0.25) is 9.74 Å². The molecule has 23 heavy (non-hydrogen) atoms. The molecule has 2 N–H and O–H groups in total. The quantitative estimate of drug-likeness (QED) is 0.433. The molecule has 0 unspecified atom stereocenters. The van der Waals surface area contributed by atoms with Crippen molar-refractivity contribution in [3.63, 3.8) is 0 Å². The molecule has 2 fully saturated rings. The molecule has 1 heterocycles. The second kappa shape index (κ2) is 9.90. The van der Waals surface area contributed by atoms with E-state index in [9.17, 15) is 8.42 Å². The summed E-state index contributed by atoms with van der Waals surface area (Å²) in [6, 6.07) is 0.0270. The molecule has 0 bridgehead atoms. The van der Waals surface area contributed by atoms with E-state index in [1.165, 1.54) is 4.47 Å². The molecule has 7 nitrogen and oxygen atoms in total. The lowest BCUT2D eigenvalue weighted by atomic mass is 9.94. The fourth-order valence-corrected chi connectivity index (χ4v) is 4.44. The summed E-state index contributed by atoms with van der Waals surface area (Å²) in [5.41, 5.74) is 5.46. The van der Waals surface area contributed by atoms with Gasteiger partial charge >= 0.3 is 0 Å². The zero-order valence-corrected chi connectivity index (χ0v) is 14.8. The predicted molar refractivity (Wildman–Crippen MR) is 89.4 cm³/mol. The van der Waals surface area contributed by atoms with Gasteiger partial charge in [-0.05, 0) is 32.2 Å². The molecule has 0 spiro atoms. The summed E-state index contributed by atoms with van der Waals surface area (Å²) < 4.78 is 31.7. The molecule has 8 heteroatoms. The molecule has 1 saturated heterocycles. The Labute approximate surface area is 140 Å². The van der Waals surface area contributed by atoms with E-state index in [0.717, 1.165) is 65.0 Å². The van der Waals surface area contributed by atoms with Crippen molar-refractivity contribution in [1.82, 2.24) is 9.37 Å². The Kier molecular flexibility index (Phi) is 8.22. The average Bonchev–Trinajstić information content (AvgIpc) is 2.50. The molecule has 0 atom stereocenters. The van der Waals surface area contributed by atoms with E-state index in [1.54, 1.807) is 0 Å². The number of morpholine rings is 1. The Morgan fingerprint density at radius 3 is 2.52 bits per heavy atom. The highest BCUT2D eigenvalue weighted by Gasteiger charge is 2.34. The highest BCUT2D eigenvalue weighted by Crippen LogP contribution is 2.28. The standard InChI is InChI=1S/C15H31N3O4S/c16-7-2-1-3-14-23(19,20)18(15-5-4-6-15)22-13-10-17-8-11-21-12-9-17/h15H,1-14,16H2. The predicted octanol–water partition coefficient (Wildman–Crippen LogP) is 0.564. The molecule has 1 aliphatic carbocycles. The molecule has 2 aliphatic rings. The smallest absolute Gasteiger partial charge is 0.236 e. The zero-order valence-electron chi connectivity index (χ0n) is 14.0. The van der Waals surface area contributed by atoms with Gasteiger partial charge in [-0.15, -0.1) is 0 Å². The van der Waals surface area contributed by atoms with E-state index < -0.39 is 10.0 Å². The molecule has 0 aromatic rings. The lowest BCUT2D eigenvalue weighted by Gasteiger charge is -2.36. The number of unbranched alkanes of at least 4 members (excludes halogenated alkanes) is 2. The van der Waals surface area contributed by atoms with Gasteiger partial charge in [-0.1, -0.05) is 17.3 Å². The highest BCUT2D eigenvalue weighted by atomic mass is 32.2. The fraction of sp³-hybridized carbons (Fsp3) is 1.00. The first-order chi connectivity index (χ1) is 11.1. The minimum atomic E-state index is -3.34. The van der Waals surface area contributed by atoms with Crippen molar-refractivity contribution in [3.8, 4) is 0 Å². The first-order valence-corrected chi connectivity index (χ1v) is 10.4. The van der Waals surface area contributed by atoms with Gasteiger partial charge in [0.15, 0.2) is 0 Å². The van der Waals surface area contributed by atoms with Crippen LogP contribution in [-0.2, 0) is 19.6 Å². The van der Waals surface area contributed by atoms with Crippen molar-refractivity contribution < 1.29 is 18.0 Å². The van der Waals surface area contributed by atoms with Crippen LogP contribution in [0.5, 0.6) is 0 Å². The van der Waals surface area contributed by atoms with E-state index in [2.05, 4.69) is 4.90 Å². The number of rotatable bonds is 11. The molecule has 136 valence electrons. The molecule has 0 aromatic carbocycles. The topological polar surface area (TPSA) is 85.1 Å². The van der Waals surface area contributed by atoms with E-state index >= 15 is 0 Å². The SMILES string of the molecule is NCCCCCS(=O)(=O)N(OCCN1CCOCC1)C1CCC1. The van der Waals surface area contributed by atoms with Gasteiger partial charge in [-0.25, -0.2) is 8.42 Å². The number of nitrogens with zero attached hydrogens (tertiary/aromatic N) is 2. The Morgan fingerprint density at radius 2 is 1.91 bits per heavy atom. The van der Waals surface area contributed by atoms with Crippen LogP contribution in [0.25, 0.3) is 0 Å².